The van der Waals surface area contributed by atoms with Gasteiger partial charge in [-0.3, -0.25) is 0 Å². The van der Waals surface area contributed by atoms with Gasteiger partial charge in [-0.05, 0) is 6.92 Å². The summed E-state index contributed by atoms with van der Waals surface area (Å²) < 4.78 is 4.90. The van der Waals surface area contributed by atoms with Crippen molar-refractivity contribution in [3.63, 3.8) is 0 Å². The molecule has 0 aliphatic carbocycles. The van der Waals surface area contributed by atoms with Gasteiger partial charge in [-0.1, -0.05) is 0 Å². The smallest absolute Gasteiger partial charge is 0.135 e. The molecule has 0 spiro atoms. The normalized spacial score (nSPS) is 41.4. The van der Waals surface area contributed by atoms with Crippen LogP contribution in [-0.2, 0) is 4.74 Å². The van der Waals surface area contributed by atoms with E-state index < -0.39 is 30.6 Å². The molecule has 1 heterocycles. The van der Waals surface area contributed by atoms with E-state index in [1.54, 1.807) is 6.92 Å². The van der Waals surface area contributed by atoms with Gasteiger partial charge in [-0.15, -0.1) is 0 Å². The molecule has 5 nitrogen and oxygen atoms in total. The van der Waals surface area contributed by atoms with Crippen LogP contribution in [0, 0.1) is 132 Å². The van der Waals surface area contributed by atoms with Crippen molar-refractivity contribution in [3.05, 3.63) is 0 Å². The van der Waals surface area contributed by atoms with Gasteiger partial charge >= 0.3 is 0 Å². The third kappa shape index (κ3) is 6.34. The van der Waals surface area contributed by atoms with Crippen molar-refractivity contribution in [1.29, 1.82) is 0 Å². The molecule has 3 radical (unpaired) electrons. The molecule has 14 heavy (non-hydrogen) atoms. The van der Waals surface area contributed by atoms with Crippen LogP contribution in [0.5, 0.6) is 0 Å². The van der Waals surface area contributed by atoms with Gasteiger partial charge < -0.3 is 25.8 Å². The Bertz CT molecular complexity index is 139. The van der Waals surface area contributed by atoms with Gasteiger partial charge in [0.05, 0.1) is 6.10 Å². The standard InChI is InChI=1S/C6H13NO4.3Ac/c1-2-3(8)4(9)5(10)6(7)11-2;;;/h2-6,8-10H,7H2,1H3;;;/t2-,3+,4+,5-,6-;;;/m0.../s1. The second kappa shape index (κ2) is 11.0. The SMILES string of the molecule is C[C@@H]1O[C@H](N)[C@@H](O)[C@H](O)[C@@H]1O.[Ac].[Ac].[Ac]. The van der Waals surface area contributed by atoms with E-state index in [1.165, 1.54) is 0 Å². The second-order valence-electron chi connectivity index (χ2n) is 2.78. The summed E-state index contributed by atoms with van der Waals surface area (Å²) in [5, 5.41) is 27.3. The predicted octanol–water partition coefficient (Wildman–Crippen LogP) is -2.23. The molecule has 0 amide bonds. The average Bonchev–Trinajstić information content (AvgIpc) is 1.97. The minimum absolute atomic E-state index is 0. The monoisotopic (exact) mass is 844 g/mol. The molecular weight excluding hydrogens is 831 g/mol. The molecular formula is C6H13Ac3NO4. The van der Waals surface area contributed by atoms with Crippen molar-refractivity contribution < 1.29 is 152 Å². The first-order valence-corrected chi connectivity index (χ1v) is 3.49. The number of ether oxygens (including phenoxy) is 1. The van der Waals surface area contributed by atoms with Gasteiger partial charge in [-0.2, -0.15) is 0 Å². The van der Waals surface area contributed by atoms with Crippen molar-refractivity contribution in [1.82, 2.24) is 0 Å². The number of hydrogen-bond acceptors (Lipinski definition) is 5. The molecule has 0 saturated carbocycles. The Balaban J connectivity index is -0.000000403. The zero-order valence-corrected chi connectivity index (χ0v) is 22.2. The topological polar surface area (TPSA) is 95.9 Å². The largest absolute Gasteiger partial charge is 0.388 e. The molecule has 0 bridgehead atoms. The van der Waals surface area contributed by atoms with E-state index >= 15 is 0 Å². The molecule has 1 aliphatic rings. The summed E-state index contributed by atoms with van der Waals surface area (Å²) in [6, 6.07) is 0. The Kier molecular flexibility index (Phi) is 18.2. The van der Waals surface area contributed by atoms with Crippen molar-refractivity contribution >= 4 is 0 Å². The van der Waals surface area contributed by atoms with Crippen molar-refractivity contribution in [2.75, 3.05) is 0 Å². The first-order chi connectivity index (χ1) is 5.04. The molecule has 8 heteroatoms. The average molecular weight is 844 g/mol. The van der Waals surface area contributed by atoms with Gasteiger partial charge in [-0.25, -0.2) is 0 Å². The number of aliphatic hydroxyl groups is 3. The van der Waals surface area contributed by atoms with Crippen molar-refractivity contribution in [2.24, 2.45) is 5.73 Å². The van der Waals surface area contributed by atoms with Crippen molar-refractivity contribution in [3.8, 4) is 0 Å². The summed E-state index contributed by atoms with van der Waals surface area (Å²) in [6.07, 6.45) is -4.94. The van der Waals surface area contributed by atoms with E-state index in [1.807, 2.05) is 0 Å². The molecule has 0 aromatic rings. The number of rotatable bonds is 0. The van der Waals surface area contributed by atoms with Crippen LogP contribution in [0.4, 0.5) is 0 Å². The maximum absolute atomic E-state index is 9.14. The van der Waals surface area contributed by atoms with Gasteiger partial charge in [0.15, 0.2) is 0 Å². The van der Waals surface area contributed by atoms with Gasteiger partial charge in [0.25, 0.3) is 0 Å². The first kappa shape index (κ1) is 23.2. The molecule has 1 rings (SSSR count). The Labute approximate surface area is 191 Å². The fourth-order valence-corrected chi connectivity index (χ4v) is 1.08. The maximum Gasteiger partial charge on any atom is 0.135 e. The van der Waals surface area contributed by atoms with Gasteiger partial charge in [0.2, 0.25) is 0 Å². The van der Waals surface area contributed by atoms with Crippen LogP contribution in [0.2, 0.25) is 0 Å². The molecule has 1 fully saturated rings. The van der Waals surface area contributed by atoms with E-state index in [0.717, 1.165) is 0 Å². The Morgan fingerprint density at radius 3 is 1.79 bits per heavy atom. The van der Waals surface area contributed by atoms with E-state index in [-0.39, 0.29) is 132 Å². The minimum Gasteiger partial charge on any atom is -0.388 e. The molecule has 5 atom stereocenters. The molecule has 0 unspecified atom stereocenters. The van der Waals surface area contributed by atoms with E-state index in [9.17, 15) is 0 Å². The van der Waals surface area contributed by atoms with E-state index in [2.05, 4.69) is 0 Å². The molecule has 0 aromatic heterocycles. The van der Waals surface area contributed by atoms with Crippen LogP contribution in [-0.4, -0.2) is 46.0 Å². The minimum atomic E-state index is -1.21. The van der Waals surface area contributed by atoms with Crippen molar-refractivity contribution in [2.45, 2.75) is 37.6 Å². The Morgan fingerprint density at radius 1 is 0.929 bits per heavy atom. The zero-order valence-electron chi connectivity index (χ0n) is 7.95. The maximum atomic E-state index is 9.14. The number of nitrogens with two attached hydrogens (primary N) is 1. The third-order valence-corrected chi connectivity index (χ3v) is 1.89. The summed E-state index contributed by atoms with van der Waals surface area (Å²) >= 11 is 0. The van der Waals surface area contributed by atoms with Crippen LogP contribution in [0.25, 0.3) is 0 Å². The van der Waals surface area contributed by atoms with Crippen LogP contribution < -0.4 is 5.73 Å². The van der Waals surface area contributed by atoms with Gasteiger partial charge in [0, 0.05) is 132 Å². The second-order valence-corrected chi connectivity index (χ2v) is 2.78. The predicted molar refractivity (Wildman–Crippen MR) is 36.5 cm³/mol. The van der Waals surface area contributed by atoms with E-state index in [0.29, 0.717) is 0 Å². The Hall–Kier alpha value is 4.12. The summed E-state index contributed by atoms with van der Waals surface area (Å²) in [7, 11) is 0. The number of aliphatic hydroxyl groups excluding tert-OH is 3. The molecule has 75 valence electrons. The summed E-state index contributed by atoms with van der Waals surface area (Å²) in [6.45, 7) is 1.58. The Morgan fingerprint density at radius 2 is 1.36 bits per heavy atom. The summed E-state index contributed by atoms with van der Waals surface area (Å²) in [4.78, 5) is 0. The molecule has 1 aliphatic heterocycles. The van der Waals surface area contributed by atoms with E-state index in [4.69, 9.17) is 25.8 Å². The fourth-order valence-electron chi connectivity index (χ4n) is 1.08. The zero-order chi connectivity index (χ0) is 8.59. The molecule has 5 N–H and O–H groups in total. The van der Waals surface area contributed by atoms with Crippen LogP contribution in [0.3, 0.4) is 0 Å². The van der Waals surface area contributed by atoms with Crippen LogP contribution in [0.1, 0.15) is 6.92 Å². The quantitative estimate of drug-likeness (QED) is 0.222. The van der Waals surface area contributed by atoms with Crippen LogP contribution in [0.15, 0.2) is 0 Å². The summed E-state index contributed by atoms with van der Waals surface area (Å²) in [5.74, 6) is 0. The van der Waals surface area contributed by atoms with Gasteiger partial charge in [0.1, 0.15) is 24.5 Å². The molecule has 0 aromatic carbocycles. The third-order valence-electron chi connectivity index (χ3n) is 1.89. The van der Waals surface area contributed by atoms with Crippen LogP contribution >= 0.6 is 0 Å². The molecule has 1 saturated heterocycles. The fraction of sp³-hybridized carbons (Fsp3) is 1.00. The first-order valence-electron chi connectivity index (χ1n) is 3.49. The summed E-state index contributed by atoms with van der Waals surface area (Å²) in [5.41, 5.74) is 5.28. The number of hydrogen-bond donors (Lipinski definition) is 4.